The van der Waals surface area contributed by atoms with Gasteiger partial charge in [-0.1, -0.05) is 6.07 Å². The van der Waals surface area contributed by atoms with Crippen molar-refractivity contribution in [1.29, 1.82) is 0 Å². The SMILES string of the molecule is CN(c1nc2ccccn2n1)C(CN)C1CC1. The predicted molar refractivity (Wildman–Crippen MR) is 67.0 cm³/mol. The summed E-state index contributed by atoms with van der Waals surface area (Å²) in [7, 11) is 2.03. The maximum atomic E-state index is 5.84. The molecule has 2 heterocycles. The van der Waals surface area contributed by atoms with Gasteiger partial charge < -0.3 is 10.6 Å². The summed E-state index contributed by atoms with van der Waals surface area (Å²) in [5, 5.41) is 4.47. The van der Waals surface area contributed by atoms with Crippen LogP contribution in [0.4, 0.5) is 5.95 Å². The second-order valence-electron chi connectivity index (χ2n) is 4.67. The van der Waals surface area contributed by atoms with E-state index in [4.69, 9.17) is 5.73 Å². The lowest BCUT2D eigenvalue weighted by Gasteiger charge is -2.25. The molecule has 1 fully saturated rings. The number of nitrogens with zero attached hydrogens (tertiary/aromatic N) is 4. The summed E-state index contributed by atoms with van der Waals surface area (Å²) in [6.45, 7) is 0.663. The van der Waals surface area contributed by atoms with Gasteiger partial charge in [-0.05, 0) is 30.9 Å². The summed E-state index contributed by atoms with van der Waals surface area (Å²) in [5.41, 5.74) is 6.72. The molecule has 0 aromatic carbocycles. The molecule has 90 valence electrons. The van der Waals surface area contributed by atoms with Crippen molar-refractivity contribution in [1.82, 2.24) is 14.6 Å². The molecule has 3 rings (SSSR count). The molecule has 2 aromatic heterocycles. The van der Waals surface area contributed by atoms with Gasteiger partial charge in [0.1, 0.15) is 0 Å². The Balaban J connectivity index is 1.91. The van der Waals surface area contributed by atoms with E-state index in [1.165, 1.54) is 12.8 Å². The third-order valence-corrected chi connectivity index (χ3v) is 3.45. The van der Waals surface area contributed by atoms with Gasteiger partial charge in [0.2, 0.25) is 5.95 Å². The summed E-state index contributed by atoms with van der Waals surface area (Å²) in [6.07, 6.45) is 4.47. The number of rotatable bonds is 4. The van der Waals surface area contributed by atoms with Crippen molar-refractivity contribution in [3.8, 4) is 0 Å². The highest BCUT2D eigenvalue weighted by Crippen LogP contribution is 2.35. The first-order valence-corrected chi connectivity index (χ1v) is 6.04. The van der Waals surface area contributed by atoms with E-state index >= 15 is 0 Å². The standard InChI is InChI=1S/C12H17N5/c1-16(10(8-13)9-5-6-9)12-14-11-4-2-3-7-17(11)15-12/h2-4,7,9-10H,5-6,8,13H2,1H3. The number of aromatic nitrogens is 3. The number of hydrogen-bond acceptors (Lipinski definition) is 4. The summed E-state index contributed by atoms with van der Waals surface area (Å²) in [4.78, 5) is 6.63. The smallest absolute Gasteiger partial charge is 0.245 e. The highest BCUT2D eigenvalue weighted by atomic mass is 15.4. The molecule has 17 heavy (non-hydrogen) atoms. The van der Waals surface area contributed by atoms with Gasteiger partial charge in [-0.2, -0.15) is 4.98 Å². The van der Waals surface area contributed by atoms with Crippen LogP contribution in [0.2, 0.25) is 0 Å². The molecule has 0 spiro atoms. The minimum atomic E-state index is 0.368. The van der Waals surface area contributed by atoms with E-state index in [1.807, 2.05) is 31.4 Å². The molecule has 1 aliphatic carbocycles. The molecule has 1 aliphatic rings. The van der Waals surface area contributed by atoms with Crippen molar-refractivity contribution in [3.05, 3.63) is 24.4 Å². The first-order chi connectivity index (χ1) is 8.29. The van der Waals surface area contributed by atoms with Crippen LogP contribution in [0.15, 0.2) is 24.4 Å². The lowest BCUT2D eigenvalue weighted by atomic mass is 10.2. The van der Waals surface area contributed by atoms with Gasteiger partial charge in [0.15, 0.2) is 5.65 Å². The van der Waals surface area contributed by atoms with Crippen LogP contribution >= 0.6 is 0 Å². The third-order valence-electron chi connectivity index (χ3n) is 3.45. The zero-order valence-corrected chi connectivity index (χ0v) is 9.95. The van der Waals surface area contributed by atoms with Crippen molar-refractivity contribution in [2.45, 2.75) is 18.9 Å². The fourth-order valence-electron chi connectivity index (χ4n) is 2.27. The number of anilines is 1. The van der Waals surface area contributed by atoms with E-state index in [2.05, 4.69) is 15.0 Å². The predicted octanol–water partition coefficient (Wildman–Crippen LogP) is 0.903. The quantitative estimate of drug-likeness (QED) is 0.849. The Morgan fingerprint density at radius 2 is 2.35 bits per heavy atom. The van der Waals surface area contributed by atoms with Crippen molar-refractivity contribution in [3.63, 3.8) is 0 Å². The van der Waals surface area contributed by atoms with E-state index in [0.717, 1.165) is 17.5 Å². The van der Waals surface area contributed by atoms with Gasteiger partial charge in [0.05, 0.1) is 0 Å². The molecule has 0 radical (unpaired) electrons. The van der Waals surface area contributed by atoms with Crippen LogP contribution in [-0.4, -0.2) is 34.2 Å². The Hall–Kier alpha value is -1.62. The molecular weight excluding hydrogens is 214 g/mol. The number of pyridine rings is 1. The van der Waals surface area contributed by atoms with Crippen molar-refractivity contribution in [2.24, 2.45) is 11.7 Å². The minimum absolute atomic E-state index is 0.368. The molecule has 0 amide bonds. The molecular formula is C12H17N5. The first kappa shape index (κ1) is 10.5. The van der Waals surface area contributed by atoms with Crippen LogP contribution in [0, 0.1) is 5.92 Å². The van der Waals surface area contributed by atoms with E-state index in [0.29, 0.717) is 12.6 Å². The van der Waals surface area contributed by atoms with Crippen LogP contribution in [0.1, 0.15) is 12.8 Å². The number of hydrogen-bond donors (Lipinski definition) is 1. The van der Waals surface area contributed by atoms with Crippen molar-refractivity contribution < 1.29 is 0 Å². The molecule has 1 saturated carbocycles. The molecule has 5 heteroatoms. The largest absolute Gasteiger partial charge is 0.338 e. The maximum absolute atomic E-state index is 5.84. The lowest BCUT2D eigenvalue weighted by Crippen LogP contribution is -2.40. The normalized spacial score (nSPS) is 17.3. The van der Waals surface area contributed by atoms with Crippen molar-refractivity contribution >= 4 is 11.6 Å². The van der Waals surface area contributed by atoms with Crippen LogP contribution in [-0.2, 0) is 0 Å². The molecule has 1 atom stereocenters. The van der Waals surface area contributed by atoms with Gasteiger partial charge in [-0.15, -0.1) is 5.10 Å². The van der Waals surface area contributed by atoms with E-state index < -0.39 is 0 Å². The second-order valence-corrected chi connectivity index (χ2v) is 4.67. The van der Waals surface area contributed by atoms with Crippen LogP contribution in [0.3, 0.4) is 0 Å². The molecule has 0 aliphatic heterocycles. The van der Waals surface area contributed by atoms with E-state index in [1.54, 1.807) is 4.52 Å². The number of nitrogens with two attached hydrogens (primary N) is 1. The number of fused-ring (bicyclic) bond motifs is 1. The topological polar surface area (TPSA) is 59.5 Å². The highest BCUT2D eigenvalue weighted by Gasteiger charge is 2.34. The van der Waals surface area contributed by atoms with Crippen LogP contribution < -0.4 is 10.6 Å². The average Bonchev–Trinajstić information content (AvgIpc) is 3.08. The Morgan fingerprint density at radius 3 is 3.00 bits per heavy atom. The Morgan fingerprint density at radius 1 is 1.53 bits per heavy atom. The average molecular weight is 231 g/mol. The molecule has 2 N–H and O–H groups in total. The molecule has 5 nitrogen and oxygen atoms in total. The Bertz CT molecular complexity index is 483. The molecule has 2 aromatic rings. The number of likely N-dealkylation sites (N-methyl/N-ethyl adjacent to an activating group) is 1. The zero-order chi connectivity index (χ0) is 11.8. The summed E-state index contributed by atoms with van der Waals surface area (Å²) < 4.78 is 1.80. The van der Waals surface area contributed by atoms with Crippen molar-refractivity contribution in [2.75, 3.05) is 18.5 Å². The first-order valence-electron chi connectivity index (χ1n) is 6.04. The molecule has 1 unspecified atom stereocenters. The van der Waals surface area contributed by atoms with Gasteiger partial charge >= 0.3 is 0 Å². The zero-order valence-electron chi connectivity index (χ0n) is 9.95. The minimum Gasteiger partial charge on any atom is -0.338 e. The highest BCUT2D eigenvalue weighted by molar-refractivity contribution is 5.44. The van der Waals surface area contributed by atoms with Gasteiger partial charge in [0.25, 0.3) is 0 Å². The van der Waals surface area contributed by atoms with E-state index in [-0.39, 0.29) is 0 Å². The Labute approximate surface area is 100 Å². The third kappa shape index (κ3) is 1.86. The van der Waals surface area contributed by atoms with Gasteiger partial charge in [-0.3, -0.25) is 0 Å². The summed E-state index contributed by atoms with van der Waals surface area (Å²) in [6, 6.07) is 6.24. The monoisotopic (exact) mass is 231 g/mol. The van der Waals surface area contributed by atoms with E-state index in [9.17, 15) is 0 Å². The fourth-order valence-corrected chi connectivity index (χ4v) is 2.27. The second kappa shape index (κ2) is 4.00. The fraction of sp³-hybridized carbons (Fsp3) is 0.500. The lowest BCUT2D eigenvalue weighted by molar-refractivity contribution is 0.561. The van der Waals surface area contributed by atoms with Crippen LogP contribution in [0.25, 0.3) is 5.65 Å². The van der Waals surface area contributed by atoms with Gasteiger partial charge in [-0.25, -0.2) is 4.52 Å². The van der Waals surface area contributed by atoms with Crippen LogP contribution in [0.5, 0.6) is 0 Å². The summed E-state index contributed by atoms with van der Waals surface area (Å²) in [5.74, 6) is 1.48. The molecule has 0 saturated heterocycles. The Kier molecular flexibility index (Phi) is 2.48. The molecule has 0 bridgehead atoms. The maximum Gasteiger partial charge on any atom is 0.245 e. The van der Waals surface area contributed by atoms with Gasteiger partial charge in [0, 0.05) is 25.8 Å². The summed E-state index contributed by atoms with van der Waals surface area (Å²) >= 11 is 0.